The Labute approximate surface area is 269 Å². The zero-order chi connectivity index (χ0) is 33.9. The van der Waals surface area contributed by atoms with Crippen LogP contribution in [0.3, 0.4) is 0 Å². The second-order valence-electron chi connectivity index (χ2n) is 12.2. The molecule has 0 saturated carbocycles. The largest absolute Gasteiger partial charge is 0.496 e. The summed E-state index contributed by atoms with van der Waals surface area (Å²) in [6, 6.07) is 3.93. The first-order valence-electron chi connectivity index (χ1n) is 15.0. The fourth-order valence-corrected chi connectivity index (χ4v) is 6.33. The minimum atomic E-state index is -1.50. The summed E-state index contributed by atoms with van der Waals surface area (Å²) >= 11 is 1.13. The van der Waals surface area contributed by atoms with Crippen LogP contribution in [0.15, 0.2) is 40.2 Å². The van der Waals surface area contributed by atoms with Gasteiger partial charge in [-0.25, -0.2) is 13.8 Å². The molecule has 0 aliphatic rings. The molecular weight excluding hydrogens is 617 g/mol. The standard InChI is InChI=1S/C32H40FN5O7S/c1-18(2)15-25(39)32(6,7)37-27(40)26-20(5)28(38-34-11-12-35-38)46-29(26)36(31(37)42)17-24(44-13-14-45-30(41)19(3)4)22-16-21(33)9-10-23(22)43-8/h9-12,16,18-19,24H,13-15,17H2,1-8H3/t24-/m0/s1. The van der Waals surface area contributed by atoms with Crippen molar-refractivity contribution in [3.8, 4) is 10.8 Å². The Morgan fingerprint density at radius 1 is 1.07 bits per heavy atom. The number of hydrogen-bond donors (Lipinski definition) is 0. The number of rotatable bonds is 14. The summed E-state index contributed by atoms with van der Waals surface area (Å²) in [7, 11) is 1.43. The maximum Gasteiger partial charge on any atom is 0.333 e. The molecule has 0 unspecified atom stereocenters. The number of carbonyl (C=O) groups is 2. The summed E-state index contributed by atoms with van der Waals surface area (Å²) < 4.78 is 33.9. The van der Waals surface area contributed by atoms with Gasteiger partial charge in [0, 0.05) is 17.5 Å². The van der Waals surface area contributed by atoms with E-state index in [0.29, 0.717) is 26.7 Å². The van der Waals surface area contributed by atoms with E-state index in [4.69, 9.17) is 14.2 Å². The molecule has 0 aliphatic carbocycles. The van der Waals surface area contributed by atoms with Crippen LogP contribution in [0.1, 0.15) is 65.2 Å². The van der Waals surface area contributed by atoms with Gasteiger partial charge in [-0.15, -0.1) is 4.80 Å². The Morgan fingerprint density at radius 3 is 2.35 bits per heavy atom. The maximum atomic E-state index is 14.6. The number of Topliss-reactive ketones (excluding diaryl/α,β-unsaturated/α-hetero) is 1. The van der Waals surface area contributed by atoms with Gasteiger partial charge in [0.2, 0.25) is 0 Å². The van der Waals surface area contributed by atoms with Crippen molar-refractivity contribution in [3.05, 3.63) is 68.4 Å². The number of benzene rings is 1. The highest BCUT2D eigenvalue weighted by Gasteiger charge is 2.36. The van der Waals surface area contributed by atoms with Crippen molar-refractivity contribution in [1.82, 2.24) is 24.1 Å². The number of esters is 1. The van der Waals surface area contributed by atoms with E-state index in [2.05, 4.69) is 10.2 Å². The van der Waals surface area contributed by atoms with Gasteiger partial charge in [0.15, 0.2) is 5.78 Å². The number of halogens is 1. The van der Waals surface area contributed by atoms with E-state index in [1.165, 1.54) is 47.1 Å². The van der Waals surface area contributed by atoms with Gasteiger partial charge in [0.05, 0.1) is 44.0 Å². The summed E-state index contributed by atoms with van der Waals surface area (Å²) in [5.74, 6) is -1.28. The van der Waals surface area contributed by atoms with E-state index in [1.807, 2.05) is 13.8 Å². The predicted octanol–water partition coefficient (Wildman–Crippen LogP) is 4.57. The van der Waals surface area contributed by atoms with Crippen molar-refractivity contribution >= 4 is 33.3 Å². The predicted molar refractivity (Wildman–Crippen MR) is 171 cm³/mol. The molecule has 3 heterocycles. The Kier molecular flexibility index (Phi) is 10.6. The second-order valence-corrected chi connectivity index (χ2v) is 13.2. The number of aryl methyl sites for hydroxylation is 1. The zero-order valence-electron chi connectivity index (χ0n) is 27.3. The van der Waals surface area contributed by atoms with Crippen LogP contribution in [0.5, 0.6) is 5.75 Å². The second kappa shape index (κ2) is 14.1. The van der Waals surface area contributed by atoms with Crippen LogP contribution < -0.4 is 16.0 Å². The summed E-state index contributed by atoms with van der Waals surface area (Å²) in [6.07, 6.45) is 2.14. The van der Waals surface area contributed by atoms with E-state index < -0.39 is 34.7 Å². The quantitative estimate of drug-likeness (QED) is 0.141. The molecular formula is C32H40FN5O7S. The van der Waals surface area contributed by atoms with Crippen LogP contribution in [0.4, 0.5) is 4.39 Å². The van der Waals surface area contributed by atoms with E-state index in [1.54, 1.807) is 34.6 Å². The van der Waals surface area contributed by atoms with Crippen LogP contribution in [0, 0.1) is 24.6 Å². The highest BCUT2D eigenvalue weighted by molar-refractivity contribution is 7.21. The number of ether oxygens (including phenoxy) is 3. The third-order valence-electron chi connectivity index (χ3n) is 7.63. The number of hydrogen-bond acceptors (Lipinski definition) is 10. The molecule has 1 atom stereocenters. The molecule has 4 rings (SSSR count). The highest BCUT2D eigenvalue weighted by atomic mass is 32.1. The third-order valence-corrected chi connectivity index (χ3v) is 8.91. The monoisotopic (exact) mass is 657 g/mol. The molecule has 0 N–H and O–H groups in total. The van der Waals surface area contributed by atoms with Crippen molar-refractivity contribution in [2.75, 3.05) is 20.3 Å². The Morgan fingerprint density at radius 2 is 1.74 bits per heavy atom. The SMILES string of the molecule is COc1ccc(F)cc1[C@H](Cn1c(=O)n(C(C)(C)C(=O)CC(C)C)c(=O)c2c(C)c(-n3nccn3)sc21)OCCOC(=O)C(C)C. The van der Waals surface area contributed by atoms with Crippen LogP contribution in [0.2, 0.25) is 0 Å². The van der Waals surface area contributed by atoms with Gasteiger partial charge in [-0.05, 0) is 44.9 Å². The van der Waals surface area contributed by atoms with Crippen molar-refractivity contribution in [2.45, 2.75) is 73.1 Å². The molecule has 1 aromatic carbocycles. The molecule has 248 valence electrons. The molecule has 0 spiro atoms. The average Bonchev–Trinajstić information content (AvgIpc) is 3.63. The number of methoxy groups -OCH3 is 1. The van der Waals surface area contributed by atoms with Crippen LogP contribution in [-0.4, -0.2) is 56.2 Å². The average molecular weight is 658 g/mol. The lowest BCUT2D eigenvalue weighted by Gasteiger charge is -2.28. The van der Waals surface area contributed by atoms with Crippen LogP contribution >= 0.6 is 11.3 Å². The molecule has 14 heteroatoms. The first-order valence-corrected chi connectivity index (χ1v) is 15.8. The number of carbonyl (C=O) groups excluding carboxylic acids is 2. The normalized spacial score (nSPS) is 12.7. The number of ketones is 1. The molecule has 0 fully saturated rings. The van der Waals surface area contributed by atoms with E-state index in [-0.39, 0.29) is 49.2 Å². The van der Waals surface area contributed by atoms with Gasteiger partial charge >= 0.3 is 11.7 Å². The number of thiophene rings is 1. The number of nitrogens with zero attached hydrogens (tertiary/aromatic N) is 5. The van der Waals surface area contributed by atoms with Crippen molar-refractivity contribution < 1.29 is 28.2 Å². The third kappa shape index (κ3) is 6.97. The molecule has 0 saturated heterocycles. The zero-order valence-corrected chi connectivity index (χ0v) is 28.1. The highest BCUT2D eigenvalue weighted by Crippen LogP contribution is 2.34. The maximum absolute atomic E-state index is 14.6. The molecule has 0 aliphatic heterocycles. The van der Waals surface area contributed by atoms with Gasteiger partial charge in [0.25, 0.3) is 5.56 Å². The van der Waals surface area contributed by atoms with Crippen molar-refractivity contribution in [2.24, 2.45) is 11.8 Å². The van der Waals surface area contributed by atoms with Crippen LogP contribution in [-0.2, 0) is 31.1 Å². The topological polar surface area (TPSA) is 137 Å². The van der Waals surface area contributed by atoms with E-state index in [9.17, 15) is 23.6 Å². The summed E-state index contributed by atoms with van der Waals surface area (Å²) in [5.41, 5.74) is -2.03. The van der Waals surface area contributed by atoms with E-state index >= 15 is 0 Å². The van der Waals surface area contributed by atoms with Crippen molar-refractivity contribution in [1.29, 1.82) is 0 Å². The van der Waals surface area contributed by atoms with E-state index in [0.717, 1.165) is 15.9 Å². The lowest BCUT2D eigenvalue weighted by atomic mass is 9.91. The molecule has 0 bridgehead atoms. The molecule has 4 aromatic rings. The fourth-order valence-electron chi connectivity index (χ4n) is 5.11. The van der Waals surface area contributed by atoms with Gasteiger partial charge in [0.1, 0.15) is 39.6 Å². The summed E-state index contributed by atoms with van der Waals surface area (Å²) in [5, 5.41) is 9.16. The number of fused-ring (bicyclic) bond motifs is 1. The molecule has 12 nitrogen and oxygen atoms in total. The minimum Gasteiger partial charge on any atom is -0.496 e. The summed E-state index contributed by atoms with van der Waals surface area (Å²) in [6.45, 7) is 11.7. The minimum absolute atomic E-state index is 0.00294. The lowest BCUT2D eigenvalue weighted by molar-refractivity contribution is -0.149. The smallest absolute Gasteiger partial charge is 0.333 e. The van der Waals surface area contributed by atoms with Crippen LogP contribution in [0.25, 0.3) is 15.2 Å². The van der Waals surface area contributed by atoms with Gasteiger partial charge in [-0.3, -0.25) is 19.0 Å². The van der Waals surface area contributed by atoms with Gasteiger partial charge < -0.3 is 14.2 Å². The Bertz CT molecular complexity index is 1840. The van der Waals surface area contributed by atoms with Crippen molar-refractivity contribution in [3.63, 3.8) is 0 Å². The Balaban J connectivity index is 1.95. The molecule has 0 radical (unpaired) electrons. The summed E-state index contributed by atoms with van der Waals surface area (Å²) in [4.78, 5) is 55.8. The molecule has 0 amide bonds. The van der Waals surface area contributed by atoms with Gasteiger partial charge in [-0.1, -0.05) is 39.0 Å². The van der Waals surface area contributed by atoms with Gasteiger partial charge in [-0.2, -0.15) is 10.2 Å². The Hall–Kier alpha value is -4.17. The number of aromatic nitrogens is 5. The fraction of sp³-hybridized carbons (Fsp3) is 0.500. The first-order chi connectivity index (χ1) is 21.7. The lowest BCUT2D eigenvalue weighted by Crippen LogP contribution is -2.53. The molecule has 46 heavy (non-hydrogen) atoms. The first kappa shape index (κ1) is 34.7. The molecule has 3 aromatic heterocycles.